The smallest absolute Gasteiger partial charge is 0.332 e. The summed E-state index contributed by atoms with van der Waals surface area (Å²) in [5.41, 5.74) is 2.36. The third kappa shape index (κ3) is 2.87. The Hall–Kier alpha value is -3.09. The lowest BCUT2D eigenvalue weighted by Gasteiger charge is -2.29. The molecule has 1 aromatic carbocycles. The summed E-state index contributed by atoms with van der Waals surface area (Å²) in [5.74, 6) is -0.0122. The molecule has 0 unspecified atom stereocenters. The van der Waals surface area contributed by atoms with Crippen LogP contribution in [0, 0.1) is 0 Å². The van der Waals surface area contributed by atoms with Gasteiger partial charge in [0.15, 0.2) is 0 Å². The van der Waals surface area contributed by atoms with Crippen molar-refractivity contribution in [3.8, 4) is 0 Å². The molecule has 0 fully saturated rings. The fourth-order valence-corrected chi connectivity index (χ4v) is 4.05. The van der Waals surface area contributed by atoms with E-state index in [-0.39, 0.29) is 23.7 Å². The molecule has 0 bridgehead atoms. The van der Waals surface area contributed by atoms with Crippen LogP contribution in [-0.4, -0.2) is 31.1 Å². The topological polar surface area (TPSA) is 69.2 Å². The van der Waals surface area contributed by atoms with Gasteiger partial charge < -0.3 is 9.47 Å². The van der Waals surface area contributed by atoms with Crippen molar-refractivity contribution in [3.05, 3.63) is 68.5 Å². The minimum atomic E-state index is -0.332. The zero-order valence-electron chi connectivity index (χ0n) is 16.2. The molecule has 0 spiro atoms. The Morgan fingerprint density at radius 2 is 1.71 bits per heavy atom. The molecule has 1 amide bonds. The van der Waals surface area contributed by atoms with E-state index in [0.717, 1.165) is 6.42 Å². The molecule has 0 saturated carbocycles. The summed E-state index contributed by atoms with van der Waals surface area (Å²) in [6.45, 7) is 5.79. The second kappa shape index (κ2) is 7.14. The van der Waals surface area contributed by atoms with Gasteiger partial charge in [0.25, 0.3) is 5.56 Å². The summed E-state index contributed by atoms with van der Waals surface area (Å²) in [7, 11) is 0. The van der Waals surface area contributed by atoms with Crippen LogP contribution in [0.25, 0.3) is 11.0 Å². The Bertz CT molecular complexity index is 1170. The Balaban J connectivity index is 1.68. The molecule has 4 rings (SSSR count). The van der Waals surface area contributed by atoms with Crippen LogP contribution in [0.2, 0.25) is 0 Å². The monoisotopic (exact) mass is 380 g/mol. The van der Waals surface area contributed by atoms with Gasteiger partial charge in [-0.2, -0.15) is 0 Å². The minimum absolute atomic E-state index is 0.0122. The van der Waals surface area contributed by atoms with Crippen molar-refractivity contribution in [3.63, 3.8) is 0 Å². The highest BCUT2D eigenvalue weighted by Crippen LogP contribution is 2.19. The molecule has 3 aromatic rings. The number of aromatic nitrogens is 3. The summed E-state index contributed by atoms with van der Waals surface area (Å²) in [6, 6.07) is 9.88. The number of carbonyl (C=O) groups is 1. The molecule has 146 valence electrons. The molecule has 1 aliphatic rings. The fraction of sp³-hybridized carbons (Fsp3) is 0.381. The van der Waals surface area contributed by atoms with Crippen molar-refractivity contribution in [2.24, 2.45) is 0 Å². The Morgan fingerprint density at radius 1 is 1.00 bits per heavy atom. The Kier molecular flexibility index (Phi) is 4.66. The molecule has 7 heteroatoms. The van der Waals surface area contributed by atoms with E-state index in [0.29, 0.717) is 37.2 Å². The number of amides is 1. The lowest BCUT2D eigenvalue weighted by atomic mass is 10.00. The molecule has 0 radical (unpaired) electrons. The van der Waals surface area contributed by atoms with Crippen LogP contribution in [0.1, 0.15) is 25.0 Å². The Labute approximate surface area is 162 Å². The van der Waals surface area contributed by atoms with Crippen molar-refractivity contribution in [1.29, 1.82) is 0 Å². The number of benzene rings is 1. The first kappa shape index (κ1) is 18.3. The standard InChI is InChI=1S/C21H24N4O3/c1-3-24-19-17(20(27)25(4-2)21(24)28)10-12-23(19)14-18(26)22-11-9-15-7-5-6-8-16(15)13-22/h5-8,10,12H,3-4,9,11,13-14H2,1-2H3. The van der Waals surface area contributed by atoms with E-state index in [1.54, 1.807) is 28.3 Å². The maximum Gasteiger partial charge on any atom is 0.332 e. The number of hydrogen-bond acceptors (Lipinski definition) is 3. The first-order valence-electron chi connectivity index (χ1n) is 9.72. The molecular weight excluding hydrogens is 356 g/mol. The van der Waals surface area contributed by atoms with Crippen LogP contribution in [0.15, 0.2) is 46.1 Å². The van der Waals surface area contributed by atoms with E-state index in [1.165, 1.54) is 15.7 Å². The number of nitrogens with zero attached hydrogens (tertiary/aromatic N) is 4. The normalized spacial score (nSPS) is 13.7. The molecular formula is C21H24N4O3. The molecule has 7 nitrogen and oxygen atoms in total. The van der Waals surface area contributed by atoms with Crippen LogP contribution >= 0.6 is 0 Å². The maximum absolute atomic E-state index is 12.9. The molecule has 0 N–H and O–H groups in total. The average Bonchev–Trinajstić information content (AvgIpc) is 3.12. The van der Waals surface area contributed by atoms with Crippen LogP contribution in [-0.2, 0) is 37.4 Å². The van der Waals surface area contributed by atoms with Gasteiger partial charge in [-0.25, -0.2) is 4.79 Å². The molecule has 2 aromatic heterocycles. The van der Waals surface area contributed by atoms with Crippen LogP contribution in [0.3, 0.4) is 0 Å². The highest BCUT2D eigenvalue weighted by atomic mass is 16.2. The van der Waals surface area contributed by atoms with Gasteiger partial charge in [0.05, 0.1) is 5.39 Å². The summed E-state index contributed by atoms with van der Waals surface area (Å²) in [5, 5.41) is 0.472. The van der Waals surface area contributed by atoms with E-state index < -0.39 is 0 Å². The number of aryl methyl sites for hydroxylation is 1. The van der Waals surface area contributed by atoms with Crippen LogP contribution in [0.5, 0.6) is 0 Å². The van der Waals surface area contributed by atoms with Gasteiger partial charge in [-0.3, -0.25) is 18.7 Å². The van der Waals surface area contributed by atoms with Gasteiger partial charge in [0.2, 0.25) is 5.91 Å². The highest BCUT2D eigenvalue weighted by Gasteiger charge is 2.22. The van der Waals surface area contributed by atoms with E-state index >= 15 is 0 Å². The molecule has 0 atom stereocenters. The first-order valence-corrected chi connectivity index (χ1v) is 9.72. The van der Waals surface area contributed by atoms with Crippen molar-refractivity contribution in [2.75, 3.05) is 6.54 Å². The minimum Gasteiger partial charge on any atom is -0.336 e. The number of rotatable bonds is 4. The van der Waals surface area contributed by atoms with E-state index in [4.69, 9.17) is 0 Å². The quantitative estimate of drug-likeness (QED) is 0.690. The van der Waals surface area contributed by atoms with Gasteiger partial charge in [-0.05, 0) is 37.5 Å². The zero-order chi connectivity index (χ0) is 19.8. The lowest BCUT2D eigenvalue weighted by molar-refractivity contribution is -0.132. The maximum atomic E-state index is 12.9. The largest absolute Gasteiger partial charge is 0.336 e. The third-order valence-corrected chi connectivity index (χ3v) is 5.55. The average molecular weight is 380 g/mol. The SMILES string of the molecule is CCn1c(=O)c2ccn(CC(=O)N3CCc4ccccc4C3)c2n(CC)c1=O. The van der Waals surface area contributed by atoms with Crippen LogP contribution < -0.4 is 11.2 Å². The van der Waals surface area contributed by atoms with Crippen molar-refractivity contribution < 1.29 is 4.79 Å². The first-order chi connectivity index (χ1) is 13.5. The fourth-order valence-electron chi connectivity index (χ4n) is 4.05. The van der Waals surface area contributed by atoms with Crippen molar-refractivity contribution in [2.45, 2.75) is 46.4 Å². The van der Waals surface area contributed by atoms with Crippen LogP contribution in [0.4, 0.5) is 0 Å². The summed E-state index contributed by atoms with van der Waals surface area (Å²) in [6.07, 6.45) is 2.57. The van der Waals surface area contributed by atoms with Gasteiger partial charge in [0, 0.05) is 32.4 Å². The number of fused-ring (bicyclic) bond motifs is 2. The number of carbonyl (C=O) groups excluding carboxylic acids is 1. The molecule has 3 heterocycles. The lowest BCUT2D eigenvalue weighted by Crippen LogP contribution is -2.40. The molecule has 0 aliphatic carbocycles. The predicted molar refractivity (Wildman–Crippen MR) is 107 cm³/mol. The van der Waals surface area contributed by atoms with Gasteiger partial charge in [-0.1, -0.05) is 24.3 Å². The van der Waals surface area contributed by atoms with E-state index in [2.05, 4.69) is 12.1 Å². The second-order valence-corrected chi connectivity index (χ2v) is 7.09. The van der Waals surface area contributed by atoms with Gasteiger partial charge in [0.1, 0.15) is 12.2 Å². The van der Waals surface area contributed by atoms with E-state index in [1.807, 2.05) is 24.0 Å². The third-order valence-electron chi connectivity index (χ3n) is 5.55. The summed E-state index contributed by atoms with van der Waals surface area (Å²) >= 11 is 0. The predicted octanol–water partition coefficient (Wildman–Crippen LogP) is 1.59. The molecule has 0 saturated heterocycles. The van der Waals surface area contributed by atoms with Crippen molar-refractivity contribution >= 4 is 16.9 Å². The number of hydrogen-bond donors (Lipinski definition) is 0. The summed E-state index contributed by atoms with van der Waals surface area (Å²) < 4.78 is 4.53. The molecule has 1 aliphatic heterocycles. The molecule has 28 heavy (non-hydrogen) atoms. The van der Waals surface area contributed by atoms with Gasteiger partial charge >= 0.3 is 5.69 Å². The Morgan fingerprint density at radius 3 is 2.43 bits per heavy atom. The highest BCUT2D eigenvalue weighted by molar-refractivity contribution is 5.81. The van der Waals surface area contributed by atoms with Gasteiger partial charge in [-0.15, -0.1) is 0 Å². The zero-order valence-corrected chi connectivity index (χ0v) is 16.2. The summed E-state index contributed by atoms with van der Waals surface area (Å²) in [4.78, 5) is 40.1. The second-order valence-electron chi connectivity index (χ2n) is 7.09. The van der Waals surface area contributed by atoms with E-state index in [9.17, 15) is 14.4 Å². The van der Waals surface area contributed by atoms with Crippen molar-refractivity contribution in [1.82, 2.24) is 18.6 Å².